The van der Waals surface area contributed by atoms with Crippen LogP contribution in [-0.4, -0.2) is 13.0 Å². The molecule has 3 nitrogen and oxygen atoms in total. The lowest BCUT2D eigenvalue weighted by molar-refractivity contribution is 0.483. The van der Waals surface area contributed by atoms with Crippen LogP contribution in [0, 0.1) is 0 Å². The summed E-state index contributed by atoms with van der Waals surface area (Å²) in [6, 6.07) is 5.73. The van der Waals surface area contributed by atoms with Gasteiger partial charge in [0.1, 0.15) is 0 Å². The molecule has 0 fully saturated rings. The van der Waals surface area contributed by atoms with Crippen molar-refractivity contribution < 1.29 is 13.0 Å². The summed E-state index contributed by atoms with van der Waals surface area (Å²) in [5, 5.41) is 0. The molecule has 0 aliphatic carbocycles. The first-order valence-electron chi connectivity index (χ1n) is 3.23. The van der Waals surface area contributed by atoms with Crippen molar-refractivity contribution in [2.75, 3.05) is 0 Å². The van der Waals surface area contributed by atoms with Crippen molar-refractivity contribution in [3.05, 3.63) is 41.9 Å². The number of hydrogen-bond donors (Lipinski definition) is 1. The second-order valence-corrected chi connectivity index (χ2v) is 4.27. The molecule has 0 unspecified atom stereocenters. The maximum Gasteiger partial charge on any atom is 0.294 e. The van der Waals surface area contributed by atoms with Gasteiger partial charge in [0, 0.05) is 4.47 Å². The maximum atomic E-state index is 10.5. The predicted molar refractivity (Wildman–Crippen MR) is 55.2 cm³/mol. The highest BCUT2D eigenvalue weighted by Gasteiger charge is 2.07. The van der Waals surface area contributed by atoms with Gasteiger partial charge in [-0.25, -0.2) is 0 Å². The molecule has 0 spiro atoms. The molecule has 13 heavy (non-hydrogen) atoms. The fourth-order valence-corrected chi connectivity index (χ4v) is 1.35. The SMILES string of the molecule is C=C.O=S(=O)(O)c1ccc(Br)cc1. The fraction of sp³-hybridized carbons (Fsp3) is 0. The van der Waals surface area contributed by atoms with E-state index in [9.17, 15) is 8.42 Å². The van der Waals surface area contributed by atoms with Crippen LogP contribution in [0.2, 0.25) is 0 Å². The van der Waals surface area contributed by atoms with Crippen molar-refractivity contribution in [3.8, 4) is 0 Å². The van der Waals surface area contributed by atoms with E-state index in [0.717, 1.165) is 4.47 Å². The number of hydrogen-bond acceptors (Lipinski definition) is 2. The Morgan fingerprint density at radius 2 is 1.54 bits per heavy atom. The summed E-state index contributed by atoms with van der Waals surface area (Å²) < 4.78 is 30.3. The molecule has 1 aromatic rings. The molecule has 5 heteroatoms. The zero-order chi connectivity index (χ0) is 10.5. The topological polar surface area (TPSA) is 54.4 Å². The van der Waals surface area contributed by atoms with Gasteiger partial charge >= 0.3 is 0 Å². The lowest BCUT2D eigenvalue weighted by Gasteiger charge is -1.94. The van der Waals surface area contributed by atoms with Gasteiger partial charge in [-0.1, -0.05) is 15.9 Å². The molecule has 1 rings (SSSR count). The fourth-order valence-electron chi connectivity index (χ4n) is 0.607. The van der Waals surface area contributed by atoms with Crippen LogP contribution in [0.3, 0.4) is 0 Å². The van der Waals surface area contributed by atoms with Crippen molar-refractivity contribution in [1.29, 1.82) is 0 Å². The van der Waals surface area contributed by atoms with E-state index < -0.39 is 10.1 Å². The van der Waals surface area contributed by atoms with E-state index in [1.807, 2.05) is 0 Å². The molecule has 0 radical (unpaired) electrons. The molecule has 0 amide bonds. The summed E-state index contributed by atoms with van der Waals surface area (Å²) in [6.07, 6.45) is 0. The van der Waals surface area contributed by atoms with E-state index in [-0.39, 0.29) is 4.90 Å². The first kappa shape index (κ1) is 12.3. The van der Waals surface area contributed by atoms with Gasteiger partial charge in [-0.05, 0) is 24.3 Å². The van der Waals surface area contributed by atoms with E-state index >= 15 is 0 Å². The van der Waals surface area contributed by atoms with E-state index in [1.165, 1.54) is 12.1 Å². The van der Waals surface area contributed by atoms with Crippen LogP contribution in [0.1, 0.15) is 0 Å². The van der Waals surface area contributed by atoms with Gasteiger partial charge in [-0.3, -0.25) is 4.55 Å². The van der Waals surface area contributed by atoms with Gasteiger partial charge in [0.05, 0.1) is 4.90 Å². The summed E-state index contributed by atoms with van der Waals surface area (Å²) in [5.41, 5.74) is 0. The molecule has 0 saturated carbocycles. The highest BCUT2D eigenvalue weighted by molar-refractivity contribution is 9.10. The zero-order valence-corrected chi connectivity index (χ0v) is 9.18. The van der Waals surface area contributed by atoms with Gasteiger partial charge in [-0.2, -0.15) is 8.42 Å². The average molecular weight is 265 g/mol. The zero-order valence-electron chi connectivity index (χ0n) is 6.77. The third kappa shape index (κ3) is 4.21. The van der Waals surface area contributed by atoms with Crippen LogP contribution in [0.5, 0.6) is 0 Å². The highest BCUT2D eigenvalue weighted by atomic mass is 79.9. The first-order valence-corrected chi connectivity index (χ1v) is 5.46. The van der Waals surface area contributed by atoms with E-state index in [2.05, 4.69) is 29.1 Å². The average Bonchev–Trinajstić information content (AvgIpc) is 2.07. The molecule has 0 heterocycles. The molecule has 1 aromatic carbocycles. The minimum Gasteiger partial charge on any atom is -0.282 e. The lowest BCUT2D eigenvalue weighted by Crippen LogP contribution is -1.96. The smallest absolute Gasteiger partial charge is 0.282 e. The van der Waals surface area contributed by atoms with Crippen molar-refractivity contribution in [1.82, 2.24) is 0 Å². The Bertz CT molecular complexity index is 355. The molecule has 0 aliphatic rings. The summed E-state index contributed by atoms with van der Waals surface area (Å²) >= 11 is 3.14. The van der Waals surface area contributed by atoms with Crippen LogP contribution < -0.4 is 0 Å². The normalized spacial score (nSPS) is 10.0. The Balaban J connectivity index is 0.000000671. The van der Waals surface area contributed by atoms with Gasteiger partial charge in [0.2, 0.25) is 0 Å². The largest absolute Gasteiger partial charge is 0.294 e. The predicted octanol–water partition coefficient (Wildman–Crippen LogP) is 2.50. The highest BCUT2D eigenvalue weighted by Crippen LogP contribution is 2.13. The van der Waals surface area contributed by atoms with Gasteiger partial charge in [0.15, 0.2) is 0 Å². The Morgan fingerprint density at radius 3 is 1.85 bits per heavy atom. The Kier molecular flexibility index (Phi) is 4.90. The first-order chi connectivity index (χ1) is 6.00. The molecular weight excluding hydrogens is 256 g/mol. The number of benzene rings is 1. The molecule has 0 aliphatic heterocycles. The standard InChI is InChI=1S/C6H5BrO3S.C2H4/c7-5-1-3-6(4-2-5)11(8,9)10;1-2/h1-4H,(H,8,9,10);1-2H2. The third-order valence-electron chi connectivity index (χ3n) is 1.11. The number of rotatable bonds is 1. The van der Waals surface area contributed by atoms with E-state index in [1.54, 1.807) is 12.1 Å². The van der Waals surface area contributed by atoms with Crippen LogP contribution in [0.4, 0.5) is 0 Å². The van der Waals surface area contributed by atoms with Crippen LogP contribution in [-0.2, 0) is 10.1 Å². The van der Waals surface area contributed by atoms with E-state index in [0.29, 0.717) is 0 Å². The van der Waals surface area contributed by atoms with Gasteiger partial charge in [-0.15, -0.1) is 13.2 Å². The Labute approximate surface area is 86.0 Å². The molecule has 0 bridgehead atoms. The van der Waals surface area contributed by atoms with Crippen LogP contribution in [0.25, 0.3) is 0 Å². The minimum atomic E-state index is -4.04. The van der Waals surface area contributed by atoms with Crippen molar-refractivity contribution in [3.63, 3.8) is 0 Å². The monoisotopic (exact) mass is 264 g/mol. The summed E-state index contributed by atoms with van der Waals surface area (Å²) in [7, 11) is -4.04. The van der Waals surface area contributed by atoms with Crippen LogP contribution >= 0.6 is 15.9 Å². The van der Waals surface area contributed by atoms with Gasteiger partial charge in [0.25, 0.3) is 10.1 Å². The summed E-state index contributed by atoms with van der Waals surface area (Å²) in [4.78, 5) is -0.0966. The van der Waals surface area contributed by atoms with E-state index in [4.69, 9.17) is 4.55 Å². The quantitative estimate of drug-likeness (QED) is 0.627. The second-order valence-electron chi connectivity index (χ2n) is 1.93. The van der Waals surface area contributed by atoms with Crippen molar-refractivity contribution in [2.24, 2.45) is 0 Å². The lowest BCUT2D eigenvalue weighted by atomic mass is 10.4. The third-order valence-corrected chi connectivity index (χ3v) is 2.51. The molecule has 0 saturated heterocycles. The molecule has 0 aromatic heterocycles. The second kappa shape index (κ2) is 5.16. The Hall–Kier alpha value is -0.650. The van der Waals surface area contributed by atoms with Crippen molar-refractivity contribution >= 4 is 26.0 Å². The molecule has 1 N–H and O–H groups in total. The summed E-state index contributed by atoms with van der Waals surface area (Å²) in [6.45, 7) is 6.00. The molecular formula is C8H9BrO3S. The maximum absolute atomic E-state index is 10.5. The van der Waals surface area contributed by atoms with Crippen LogP contribution in [0.15, 0.2) is 46.8 Å². The molecule has 0 atom stereocenters. The number of halogens is 1. The minimum absolute atomic E-state index is 0.0966. The summed E-state index contributed by atoms with van der Waals surface area (Å²) in [5.74, 6) is 0. The Morgan fingerprint density at radius 1 is 1.15 bits per heavy atom. The van der Waals surface area contributed by atoms with Crippen molar-refractivity contribution in [2.45, 2.75) is 4.90 Å². The van der Waals surface area contributed by atoms with Gasteiger partial charge < -0.3 is 0 Å². The molecule has 72 valence electrons.